The SMILES string of the molecule is C=C1C[C@@H](O)[C@H]2O[C@@H]2[C@@H]2CC(=C)[C@H](CC[C@H](C/C=C/C)OC(=O)[C@@H](C)C[C@H](C)/C=C/1C)O2. The third-order valence-electron chi connectivity index (χ3n) is 6.91. The second kappa shape index (κ2) is 11.0. The van der Waals surface area contributed by atoms with Gasteiger partial charge in [0.2, 0.25) is 0 Å². The van der Waals surface area contributed by atoms with Crippen LogP contribution in [0.5, 0.6) is 0 Å². The van der Waals surface area contributed by atoms with Gasteiger partial charge >= 0.3 is 5.97 Å². The maximum absolute atomic E-state index is 12.8. The first kappa shape index (κ1) is 24.9. The van der Waals surface area contributed by atoms with Crippen LogP contribution in [0.2, 0.25) is 0 Å². The van der Waals surface area contributed by atoms with E-state index < -0.39 is 6.10 Å². The van der Waals surface area contributed by atoms with Gasteiger partial charge in [0.05, 0.1) is 24.2 Å². The Morgan fingerprint density at radius 3 is 2.62 bits per heavy atom. The molecule has 5 heteroatoms. The van der Waals surface area contributed by atoms with Gasteiger partial charge in [-0.1, -0.05) is 50.8 Å². The standard InChI is InChI=1S/C27H40O5/c1-7-8-9-21-10-11-23-19(5)15-24(31-23)26-25(32-26)22(28)14-18(4)17(3)12-16(2)13-20(6)27(29)30-21/h7-8,12,16,20-26,28H,4-5,9-11,13-15H2,1-3,6H3/b8-7+,17-12+/t16-,20+,21+,22-,23+,24+,25-,26-/m1/s1. The van der Waals surface area contributed by atoms with Crippen LogP contribution in [0.25, 0.3) is 0 Å². The van der Waals surface area contributed by atoms with E-state index in [9.17, 15) is 9.90 Å². The summed E-state index contributed by atoms with van der Waals surface area (Å²) in [4.78, 5) is 12.8. The molecule has 2 fully saturated rings. The van der Waals surface area contributed by atoms with Crippen molar-refractivity contribution in [1.29, 1.82) is 0 Å². The minimum absolute atomic E-state index is 0.0646. The summed E-state index contributed by atoms with van der Waals surface area (Å²) < 4.78 is 18.0. The molecule has 2 saturated heterocycles. The van der Waals surface area contributed by atoms with Crippen LogP contribution >= 0.6 is 0 Å². The molecule has 0 aromatic heterocycles. The van der Waals surface area contributed by atoms with Gasteiger partial charge in [-0.3, -0.25) is 4.79 Å². The fourth-order valence-corrected chi connectivity index (χ4v) is 4.88. The maximum Gasteiger partial charge on any atom is 0.308 e. The summed E-state index contributed by atoms with van der Waals surface area (Å²) in [5, 5.41) is 10.7. The molecule has 0 aromatic rings. The molecule has 0 aromatic carbocycles. The molecule has 0 amide bonds. The Morgan fingerprint density at radius 2 is 1.91 bits per heavy atom. The summed E-state index contributed by atoms with van der Waals surface area (Å²) >= 11 is 0. The van der Waals surface area contributed by atoms with Crippen LogP contribution in [0.1, 0.15) is 66.2 Å². The Balaban J connectivity index is 1.77. The Hall–Kier alpha value is -1.69. The second-order valence-electron chi connectivity index (χ2n) is 9.87. The molecule has 0 saturated carbocycles. The highest BCUT2D eigenvalue weighted by Gasteiger charge is 2.52. The van der Waals surface area contributed by atoms with Crippen LogP contribution in [0.4, 0.5) is 0 Å². The fourth-order valence-electron chi connectivity index (χ4n) is 4.88. The average Bonchev–Trinajstić information content (AvgIpc) is 3.45. The molecule has 3 aliphatic heterocycles. The molecule has 1 N–H and O–H groups in total. The lowest BCUT2D eigenvalue weighted by Gasteiger charge is -2.22. The first-order valence-corrected chi connectivity index (χ1v) is 12.0. The van der Waals surface area contributed by atoms with E-state index in [1.54, 1.807) is 0 Å². The third-order valence-corrected chi connectivity index (χ3v) is 6.91. The fraction of sp³-hybridized carbons (Fsp3) is 0.667. The van der Waals surface area contributed by atoms with Crippen molar-refractivity contribution >= 4 is 5.97 Å². The highest BCUT2D eigenvalue weighted by molar-refractivity contribution is 5.72. The van der Waals surface area contributed by atoms with Gasteiger partial charge in [-0.05, 0) is 56.6 Å². The van der Waals surface area contributed by atoms with Crippen LogP contribution < -0.4 is 0 Å². The number of cyclic esters (lactones) is 1. The second-order valence-corrected chi connectivity index (χ2v) is 9.87. The number of hydrogen-bond acceptors (Lipinski definition) is 5. The lowest BCUT2D eigenvalue weighted by molar-refractivity contribution is -0.154. The van der Waals surface area contributed by atoms with Gasteiger partial charge < -0.3 is 19.3 Å². The molecule has 3 rings (SSSR count). The molecule has 3 heterocycles. The Bertz CT molecular complexity index is 766. The first-order valence-electron chi connectivity index (χ1n) is 12.0. The summed E-state index contributed by atoms with van der Waals surface area (Å²) in [6, 6.07) is 0. The lowest BCUT2D eigenvalue weighted by atomic mass is 9.92. The Labute approximate surface area is 193 Å². The molecule has 2 bridgehead atoms. The minimum Gasteiger partial charge on any atom is -0.462 e. The number of rotatable bonds is 2. The largest absolute Gasteiger partial charge is 0.462 e. The number of carbonyl (C=O) groups excluding carboxylic acids is 1. The van der Waals surface area contributed by atoms with E-state index in [0.29, 0.717) is 19.3 Å². The molecule has 0 unspecified atom stereocenters. The highest BCUT2D eigenvalue weighted by atomic mass is 16.6. The monoisotopic (exact) mass is 444 g/mol. The van der Waals surface area contributed by atoms with Crippen LogP contribution in [0.15, 0.2) is 48.1 Å². The minimum atomic E-state index is -0.597. The van der Waals surface area contributed by atoms with Crippen LogP contribution in [0, 0.1) is 11.8 Å². The zero-order chi connectivity index (χ0) is 23.4. The van der Waals surface area contributed by atoms with E-state index in [2.05, 4.69) is 26.2 Å². The van der Waals surface area contributed by atoms with Crippen LogP contribution in [0.3, 0.4) is 0 Å². The van der Waals surface area contributed by atoms with Crippen molar-refractivity contribution in [2.45, 2.75) is 103 Å². The third kappa shape index (κ3) is 6.43. The number of hydrogen-bond donors (Lipinski definition) is 1. The number of ether oxygens (including phenoxy) is 3. The molecular formula is C27H40O5. The van der Waals surface area contributed by atoms with Crippen molar-refractivity contribution in [3.05, 3.63) is 48.1 Å². The van der Waals surface area contributed by atoms with Gasteiger partial charge in [0.25, 0.3) is 0 Å². The number of esters is 1. The molecule has 3 aliphatic rings. The molecule has 32 heavy (non-hydrogen) atoms. The Kier molecular flexibility index (Phi) is 8.54. The number of fused-ring (bicyclic) bond motifs is 4. The number of epoxide rings is 1. The van der Waals surface area contributed by atoms with Crippen molar-refractivity contribution in [3.8, 4) is 0 Å². The van der Waals surface area contributed by atoms with Crippen molar-refractivity contribution in [2.24, 2.45) is 11.8 Å². The van der Waals surface area contributed by atoms with Crippen molar-refractivity contribution in [2.75, 3.05) is 0 Å². The van der Waals surface area contributed by atoms with E-state index in [-0.39, 0.29) is 48.3 Å². The zero-order valence-corrected chi connectivity index (χ0v) is 20.1. The van der Waals surface area contributed by atoms with Gasteiger partial charge in [-0.15, -0.1) is 0 Å². The summed E-state index contributed by atoms with van der Waals surface area (Å²) in [5.74, 6) is -0.134. The highest BCUT2D eigenvalue weighted by Crippen LogP contribution is 2.40. The van der Waals surface area contributed by atoms with Crippen molar-refractivity contribution in [1.82, 2.24) is 0 Å². The van der Waals surface area contributed by atoms with Crippen molar-refractivity contribution in [3.63, 3.8) is 0 Å². The van der Waals surface area contributed by atoms with Gasteiger partial charge in [0.1, 0.15) is 18.3 Å². The predicted octanol–water partition coefficient (Wildman–Crippen LogP) is 5.06. The van der Waals surface area contributed by atoms with Gasteiger partial charge in [-0.25, -0.2) is 0 Å². The van der Waals surface area contributed by atoms with E-state index >= 15 is 0 Å². The van der Waals surface area contributed by atoms with Gasteiger partial charge in [0.15, 0.2) is 0 Å². The molecule has 178 valence electrons. The average molecular weight is 445 g/mol. The van der Waals surface area contributed by atoms with E-state index in [0.717, 1.165) is 36.0 Å². The normalized spacial score (nSPS) is 41.4. The van der Waals surface area contributed by atoms with Gasteiger partial charge in [-0.2, -0.15) is 0 Å². The summed E-state index contributed by atoms with van der Waals surface area (Å²) in [7, 11) is 0. The van der Waals surface area contributed by atoms with Crippen LogP contribution in [-0.4, -0.2) is 47.7 Å². The number of aliphatic hydroxyl groups excluding tert-OH is 1. The Morgan fingerprint density at radius 1 is 1.16 bits per heavy atom. The molecule has 8 atom stereocenters. The number of carbonyl (C=O) groups is 1. The quantitative estimate of drug-likeness (QED) is 0.366. The summed E-state index contributed by atoms with van der Waals surface area (Å²) in [5.41, 5.74) is 3.00. The number of allylic oxidation sites excluding steroid dienone is 3. The molecule has 0 spiro atoms. The lowest BCUT2D eigenvalue weighted by Crippen LogP contribution is -2.26. The number of aliphatic hydroxyl groups is 1. The molecule has 0 aliphatic carbocycles. The molecular weight excluding hydrogens is 404 g/mol. The predicted molar refractivity (Wildman–Crippen MR) is 126 cm³/mol. The molecule has 5 nitrogen and oxygen atoms in total. The van der Waals surface area contributed by atoms with E-state index in [1.807, 2.05) is 32.9 Å². The molecule has 0 radical (unpaired) electrons. The maximum atomic E-state index is 12.8. The zero-order valence-electron chi connectivity index (χ0n) is 20.1. The van der Waals surface area contributed by atoms with Gasteiger partial charge in [0, 0.05) is 12.8 Å². The first-order chi connectivity index (χ1) is 15.2. The summed E-state index contributed by atoms with van der Waals surface area (Å²) in [6.45, 7) is 16.4. The summed E-state index contributed by atoms with van der Waals surface area (Å²) in [6.07, 6.45) is 9.06. The van der Waals surface area contributed by atoms with Crippen molar-refractivity contribution < 1.29 is 24.1 Å². The van der Waals surface area contributed by atoms with Crippen LogP contribution in [-0.2, 0) is 19.0 Å². The van der Waals surface area contributed by atoms with E-state index in [4.69, 9.17) is 14.2 Å². The smallest absolute Gasteiger partial charge is 0.308 e. The topological polar surface area (TPSA) is 68.3 Å². The van der Waals surface area contributed by atoms with E-state index in [1.165, 1.54) is 0 Å².